The van der Waals surface area contributed by atoms with Crippen LogP contribution in [0.5, 0.6) is 11.5 Å². The van der Waals surface area contributed by atoms with Crippen LogP contribution in [0.3, 0.4) is 0 Å². The van der Waals surface area contributed by atoms with Crippen LogP contribution in [0.25, 0.3) is 76.5 Å². The summed E-state index contributed by atoms with van der Waals surface area (Å²) in [6, 6.07) is 39.0. The van der Waals surface area contributed by atoms with Gasteiger partial charge in [0.1, 0.15) is 47.1 Å². The van der Waals surface area contributed by atoms with Gasteiger partial charge in [0, 0.05) is 0 Å². The van der Waals surface area contributed by atoms with E-state index in [1.807, 2.05) is 15.7 Å². The smallest absolute Gasteiger partial charge is 0.150 e. The second-order valence-corrected chi connectivity index (χ2v) is 13.4. The van der Waals surface area contributed by atoms with Crippen LogP contribution in [-0.4, -0.2) is 57.3 Å². The summed E-state index contributed by atoms with van der Waals surface area (Å²) >= 11 is 0. The molecule has 0 radical (unpaired) electrons. The van der Waals surface area contributed by atoms with Crippen molar-refractivity contribution in [2.75, 3.05) is 0 Å². The quantitative estimate of drug-likeness (QED) is 0.172. The van der Waals surface area contributed by atoms with Gasteiger partial charge in [-0.05, 0) is 106 Å². The van der Waals surface area contributed by atoms with Gasteiger partial charge in [-0.1, -0.05) is 102 Å². The van der Waals surface area contributed by atoms with E-state index in [-0.39, 0.29) is 11.5 Å². The molecular weight excluding hydrogens is 577 g/mol. The Hall–Kier alpha value is -5.21. The first kappa shape index (κ1) is 30.1. The van der Waals surface area contributed by atoms with Crippen molar-refractivity contribution in [3.63, 3.8) is 0 Å². The molecule has 8 rings (SSSR count). The normalized spacial score (nSPS) is 11.6. The SMILES string of the molecule is Bc1c(B)c(B)c2c(-c3ccc4ccccc4c3)c3c(B)c(O)c(O)c(B)c3c(-c3cccc(-c4ccc5ccccc5c4)c3)c2c1B. The van der Waals surface area contributed by atoms with Gasteiger partial charge in [0.05, 0.1) is 0 Å². The average molecular weight is 610 g/mol. The largest absolute Gasteiger partial charge is 0.505 e. The predicted octanol–water partition coefficient (Wildman–Crippen LogP) is 0.262. The van der Waals surface area contributed by atoms with Crippen molar-refractivity contribution in [3.8, 4) is 44.9 Å². The van der Waals surface area contributed by atoms with Crippen molar-refractivity contribution in [1.29, 1.82) is 0 Å². The summed E-state index contributed by atoms with van der Waals surface area (Å²) in [5.74, 6) is -0.121. The molecule has 0 unspecified atom stereocenters. The molecule has 0 amide bonds. The first-order valence-electron chi connectivity index (χ1n) is 16.6. The first-order valence-corrected chi connectivity index (χ1v) is 16.6. The molecule has 0 fully saturated rings. The van der Waals surface area contributed by atoms with E-state index in [2.05, 4.69) is 141 Å². The first-order chi connectivity index (χ1) is 23.2. The van der Waals surface area contributed by atoms with Crippen molar-refractivity contribution >= 4 is 123 Å². The van der Waals surface area contributed by atoms with Gasteiger partial charge in [0.15, 0.2) is 11.5 Å². The van der Waals surface area contributed by atoms with Crippen LogP contribution < -0.4 is 32.8 Å². The lowest BCUT2D eigenvalue weighted by molar-refractivity contribution is 0.410. The monoisotopic (exact) mass is 610 g/mol. The van der Waals surface area contributed by atoms with Crippen molar-refractivity contribution in [1.82, 2.24) is 0 Å². The summed E-state index contributed by atoms with van der Waals surface area (Å²) in [5.41, 5.74) is 13.0. The second kappa shape index (κ2) is 11.2. The topological polar surface area (TPSA) is 40.5 Å². The van der Waals surface area contributed by atoms with Crippen LogP contribution in [0.2, 0.25) is 0 Å². The Labute approximate surface area is 286 Å². The number of rotatable bonds is 3. The molecule has 0 spiro atoms. The van der Waals surface area contributed by atoms with E-state index >= 15 is 0 Å². The maximum absolute atomic E-state index is 11.4. The van der Waals surface area contributed by atoms with Gasteiger partial charge in [-0.2, -0.15) is 0 Å². The second-order valence-electron chi connectivity index (χ2n) is 13.4. The Morgan fingerprint density at radius 3 is 1.21 bits per heavy atom. The minimum absolute atomic E-state index is 0.0598. The fourth-order valence-electron chi connectivity index (χ4n) is 7.92. The fraction of sp³-hybridized carbons (Fsp3) is 0. The van der Waals surface area contributed by atoms with Crippen LogP contribution in [-0.2, 0) is 0 Å². The molecule has 0 saturated heterocycles. The van der Waals surface area contributed by atoms with E-state index in [4.69, 9.17) is 0 Å². The third-order valence-electron chi connectivity index (χ3n) is 10.9. The minimum atomic E-state index is -0.0612. The molecule has 48 heavy (non-hydrogen) atoms. The molecule has 2 N–H and O–H groups in total. The van der Waals surface area contributed by atoms with E-state index in [1.165, 1.54) is 54.2 Å². The molecule has 0 aliphatic carbocycles. The zero-order chi connectivity index (χ0) is 33.4. The number of hydrogen-bond acceptors (Lipinski definition) is 2. The molecule has 0 atom stereocenters. The number of aromatic hydroxyl groups is 2. The lowest BCUT2D eigenvalue weighted by Crippen LogP contribution is -2.48. The van der Waals surface area contributed by atoms with E-state index in [9.17, 15) is 10.2 Å². The molecular formula is C40H32B6O2. The zero-order valence-electron chi connectivity index (χ0n) is 28.3. The fourth-order valence-corrected chi connectivity index (χ4v) is 7.92. The van der Waals surface area contributed by atoms with Crippen molar-refractivity contribution in [2.45, 2.75) is 0 Å². The number of fused-ring (bicyclic) bond motifs is 4. The number of hydrogen-bond donors (Lipinski definition) is 2. The Morgan fingerprint density at radius 2 is 0.688 bits per heavy atom. The van der Waals surface area contributed by atoms with Gasteiger partial charge in [-0.3, -0.25) is 0 Å². The summed E-state index contributed by atoms with van der Waals surface area (Å²) in [6.45, 7) is 0. The minimum Gasteiger partial charge on any atom is -0.505 e. The molecule has 8 aromatic carbocycles. The standard InChI is InChI=1S/C40H32B6O2/c41-33-29-27(25-11-5-10-23(18-25)24-14-12-19-6-1-3-8-21(19)16-24)31-32(36(44)40(48)39(47)35(31)43)28(30(29)34(42)38(46)37(33)45)26-15-13-20-7-2-4-9-22(20)17-26/h1-18,47-48H,41-46H2. The average Bonchev–Trinajstić information content (AvgIpc) is 3.12. The molecule has 0 aliphatic rings. The highest BCUT2D eigenvalue weighted by Crippen LogP contribution is 2.44. The molecule has 0 heterocycles. The Kier molecular flexibility index (Phi) is 7.03. The maximum atomic E-state index is 11.4. The third kappa shape index (κ3) is 4.43. The van der Waals surface area contributed by atoms with E-state index in [1.54, 1.807) is 0 Å². The third-order valence-corrected chi connectivity index (χ3v) is 10.9. The van der Waals surface area contributed by atoms with E-state index in [0.29, 0.717) is 10.9 Å². The number of benzene rings is 8. The number of phenolic OH excluding ortho intramolecular Hbond substituents is 2. The zero-order valence-corrected chi connectivity index (χ0v) is 28.3. The highest BCUT2D eigenvalue weighted by molar-refractivity contribution is 6.68. The molecule has 222 valence electrons. The van der Waals surface area contributed by atoms with Gasteiger partial charge in [-0.15, -0.1) is 10.9 Å². The van der Waals surface area contributed by atoms with E-state index in [0.717, 1.165) is 44.2 Å². The summed E-state index contributed by atoms with van der Waals surface area (Å²) in [6.07, 6.45) is 0. The summed E-state index contributed by atoms with van der Waals surface area (Å²) in [4.78, 5) is 0. The van der Waals surface area contributed by atoms with Crippen molar-refractivity contribution in [2.24, 2.45) is 0 Å². The van der Waals surface area contributed by atoms with Gasteiger partial charge < -0.3 is 10.2 Å². The highest BCUT2D eigenvalue weighted by Gasteiger charge is 2.26. The predicted molar refractivity (Wildman–Crippen MR) is 225 cm³/mol. The van der Waals surface area contributed by atoms with Gasteiger partial charge >= 0.3 is 0 Å². The van der Waals surface area contributed by atoms with Crippen LogP contribution in [0, 0.1) is 0 Å². The van der Waals surface area contributed by atoms with Crippen LogP contribution in [0.4, 0.5) is 0 Å². The molecule has 8 aromatic rings. The lowest BCUT2D eigenvalue weighted by Gasteiger charge is -2.27. The summed E-state index contributed by atoms with van der Waals surface area (Å²) in [7, 11) is 12.8. The Balaban J connectivity index is 1.57. The van der Waals surface area contributed by atoms with Crippen molar-refractivity contribution < 1.29 is 10.2 Å². The van der Waals surface area contributed by atoms with Gasteiger partial charge in [-0.25, -0.2) is 0 Å². The van der Waals surface area contributed by atoms with Crippen LogP contribution in [0.15, 0.2) is 109 Å². The highest BCUT2D eigenvalue weighted by atomic mass is 16.3. The molecule has 8 heteroatoms. The Morgan fingerprint density at radius 1 is 0.312 bits per heavy atom. The van der Waals surface area contributed by atoms with E-state index < -0.39 is 0 Å². The number of phenols is 2. The van der Waals surface area contributed by atoms with Gasteiger partial charge in [0.2, 0.25) is 0 Å². The molecule has 0 aromatic heterocycles. The van der Waals surface area contributed by atoms with Crippen LogP contribution >= 0.6 is 0 Å². The Bertz CT molecular complexity index is 2590. The molecule has 0 saturated carbocycles. The maximum Gasteiger partial charge on any atom is 0.150 e. The van der Waals surface area contributed by atoms with Crippen LogP contribution in [0.1, 0.15) is 0 Å². The molecule has 0 aliphatic heterocycles. The summed E-state index contributed by atoms with van der Waals surface area (Å²) in [5, 5.41) is 32.0. The van der Waals surface area contributed by atoms with Crippen molar-refractivity contribution in [3.05, 3.63) is 109 Å². The molecule has 0 bridgehead atoms. The summed E-state index contributed by atoms with van der Waals surface area (Å²) < 4.78 is 0. The lowest BCUT2D eigenvalue weighted by atomic mass is 9.61. The van der Waals surface area contributed by atoms with Gasteiger partial charge in [0.25, 0.3) is 0 Å². The molecule has 2 nitrogen and oxygen atoms in total.